The van der Waals surface area contributed by atoms with Gasteiger partial charge in [0.2, 0.25) is 5.95 Å². The highest BCUT2D eigenvalue weighted by Crippen LogP contribution is 2.28. The Labute approximate surface area is 106 Å². The third-order valence-corrected chi connectivity index (χ3v) is 2.76. The van der Waals surface area contributed by atoms with E-state index in [1.165, 1.54) is 0 Å². The van der Waals surface area contributed by atoms with E-state index in [0.29, 0.717) is 19.5 Å². The van der Waals surface area contributed by atoms with Gasteiger partial charge < -0.3 is 15.3 Å². The van der Waals surface area contributed by atoms with Crippen LogP contribution in [-0.4, -0.2) is 40.3 Å². The smallest absolute Gasteiger partial charge is 0.419 e. The molecule has 0 aliphatic carbocycles. The van der Waals surface area contributed by atoms with Gasteiger partial charge in [0.05, 0.1) is 11.6 Å². The van der Waals surface area contributed by atoms with E-state index in [2.05, 4.69) is 15.3 Å². The van der Waals surface area contributed by atoms with E-state index in [1.54, 1.807) is 4.90 Å². The molecule has 19 heavy (non-hydrogen) atoms. The number of aromatic nitrogens is 2. The first-order chi connectivity index (χ1) is 8.86. The van der Waals surface area contributed by atoms with Crippen molar-refractivity contribution in [3.63, 3.8) is 0 Å². The number of nitrogens with zero attached hydrogens (tertiary/aromatic N) is 3. The number of carbonyl (C=O) groups is 1. The molecule has 0 saturated carbocycles. The molecule has 2 heterocycles. The van der Waals surface area contributed by atoms with Crippen molar-refractivity contribution in [3.05, 3.63) is 18.0 Å². The van der Waals surface area contributed by atoms with Crippen LogP contribution in [0.2, 0.25) is 0 Å². The van der Waals surface area contributed by atoms with E-state index in [0.717, 1.165) is 12.4 Å². The topological polar surface area (TPSA) is 78.4 Å². The van der Waals surface area contributed by atoms with Crippen molar-refractivity contribution in [2.45, 2.75) is 18.6 Å². The number of alkyl halides is 3. The molecule has 1 fully saturated rings. The summed E-state index contributed by atoms with van der Waals surface area (Å²) in [6, 6.07) is -0.261. The molecule has 0 bridgehead atoms. The van der Waals surface area contributed by atoms with E-state index in [-0.39, 0.29) is 12.0 Å². The van der Waals surface area contributed by atoms with Crippen molar-refractivity contribution >= 4 is 12.0 Å². The van der Waals surface area contributed by atoms with Crippen molar-refractivity contribution in [1.29, 1.82) is 0 Å². The summed E-state index contributed by atoms with van der Waals surface area (Å²) in [5, 5.41) is 10.9. The van der Waals surface area contributed by atoms with Gasteiger partial charge in [-0.25, -0.2) is 14.8 Å². The summed E-state index contributed by atoms with van der Waals surface area (Å²) in [4.78, 5) is 19.4. The zero-order valence-corrected chi connectivity index (χ0v) is 9.68. The fraction of sp³-hybridized carbons (Fsp3) is 0.500. The number of anilines is 1. The maximum atomic E-state index is 12.3. The normalized spacial score (nSPS) is 19.5. The molecule has 0 radical (unpaired) electrons. The first-order valence-electron chi connectivity index (χ1n) is 5.50. The van der Waals surface area contributed by atoms with Crippen molar-refractivity contribution in [2.24, 2.45) is 0 Å². The Balaban J connectivity index is 2.02. The highest BCUT2D eigenvalue weighted by Gasteiger charge is 2.32. The van der Waals surface area contributed by atoms with Gasteiger partial charge in [-0.1, -0.05) is 0 Å². The largest absolute Gasteiger partial charge is 0.465 e. The minimum Gasteiger partial charge on any atom is -0.465 e. The van der Waals surface area contributed by atoms with Gasteiger partial charge in [0.1, 0.15) is 0 Å². The summed E-state index contributed by atoms with van der Waals surface area (Å²) in [5.74, 6) is 0.169. The summed E-state index contributed by atoms with van der Waals surface area (Å²) in [7, 11) is 0. The molecular weight excluding hydrogens is 265 g/mol. The van der Waals surface area contributed by atoms with Gasteiger partial charge in [-0.3, -0.25) is 0 Å². The first-order valence-corrected chi connectivity index (χ1v) is 5.50. The molecule has 1 aromatic rings. The SMILES string of the molecule is O=C(O)N[C@H]1CCN(c2ncc(C(F)(F)F)cn2)C1. The van der Waals surface area contributed by atoms with E-state index in [4.69, 9.17) is 5.11 Å². The quantitative estimate of drug-likeness (QED) is 0.852. The molecule has 1 aromatic heterocycles. The Morgan fingerprint density at radius 1 is 1.42 bits per heavy atom. The van der Waals surface area contributed by atoms with Crippen LogP contribution in [0.25, 0.3) is 0 Å². The second kappa shape index (κ2) is 4.90. The average molecular weight is 276 g/mol. The minimum absolute atomic E-state index is 0.169. The molecular formula is C10H11F3N4O2. The van der Waals surface area contributed by atoms with Gasteiger partial charge in [0, 0.05) is 25.5 Å². The van der Waals surface area contributed by atoms with E-state index < -0.39 is 17.8 Å². The number of amides is 1. The fourth-order valence-corrected chi connectivity index (χ4v) is 1.87. The predicted molar refractivity (Wildman–Crippen MR) is 58.8 cm³/mol. The molecule has 1 atom stereocenters. The number of nitrogens with one attached hydrogen (secondary N) is 1. The molecule has 1 saturated heterocycles. The maximum absolute atomic E-state index is 12.3. The standard InChI is InChI=1S/C10H11F3N4O2/c11-10(12,13)6-3-14-8(15-4-6)17-2-1-7(5-17)16-9(18)19/h3-4,7,16H,1-2,5H2,(H,18,19)/t7-/m0/s1. The van der Waals surface area contributed by atoms with E-state index in [9.17, 15) is 18.0 Å². The summed E-state index contributed by atoms with van der Waals surface area (Å²) >= 11 is 0. The van der Waals surface area contributed by atoms with Crippen LogP contribution in [0, 0.1) is 0 Å². The summed E-state index contributed by atoms with van der Waals surface area (Å²) in [6.45, 7) is 0.841. The lowest BCUT2D eigenvalue weighted by atomic mass is 10.3. The predicted octanol–water partition coefficient (Wildman–Crippen LogP) is 1.34. The fourth-order valence-electron chi connectivity index (χ4n) is 1.87. The van der Waals surface area contributed by atoms with E-state index in [1.807, 2.05) is 0 Å². The van der Waals surface area contributed by atoms with Gasteiger partial charge in [-0.15, -0.1) is 0 Å². The van der Waals surface area contributed by atoms with Crippen LogP contribution in [0.15, 0.2) is 12.4 Å². The number of carboxylic acid groups (broad SMARTS) is 1. The Morgan fingerprint density at radius 3 is 2.58 bits per heavy atom. The van der Waals surface area contributed by atoms with Crippen molar-refractivity contribution in [1.82, 2.24) is 15.3 Å². The second-order valence-corrected chi connectivity index (χ2v) is 4.15. The zero-order chi connectivity index (χ0) is 14.0. The minimum atomic E-state index is -4.46. The van der Waals surface area contributed by atoms with Gasteiger partial charge >= 0.3 is 12.3 Å². The van der Waals surface area contributed by atoms with Crippen LogP contribution in [-0.2, 0) is 6.18 Å². The molecule has 1 amide bonds. The lowest BCUT2D eigenvalue weighted by Crippen LogP contribution is -2.36. The second-order valence-electron chi connectivity index (χ2n) is 4.15. The summed E-state index contributed by atoms with van der Waals surface area (Å²) in [5.41, 5.74) is -0.907. The Morgan fingerprint density at radius 2 is 2.05 bits per heavy atom. The lowest BCUT2D eigenvalue weighted by Gasteiger charge is -2.16. The molecule has 0 aromatic carbocycles. The number of halogens is 3. The van der Waals surface area contributed by atoms with Crippen molar-refractivity contribution in [2.75, 3.05) is 18.0 Å². The van der Waals surface area contributed by atoms with E-state index >= 15 is 0 Å². The Bertz CT molecular complexity index is 463. The molecule has 2 rings (SSSR count). The molecule has 0 unspecified atom stereocenters. The molecule has 104 valence electrons. The van der Waals surface area contributed by atoms with Crippen LogP contribution in [0.1, 0.15) is 12.0 Å². The van der Waals surface area contributed by atoms with Crippen LogP contribution in [0.5, 0.6) is 0 Å². The molecule has 2 N–H and O–H groups in total. The van der Waals surface area contributed by atoms with Gasteiger partial charge in [-0.2, -0.15) is 13.2 Å². The van der Waals surface area contributed by atoms with Crippen LogP contribution in [0.3, 0.4) is 0 Å². The third kappa shape index (κ3) is 3.24. The molecule has 1 aliphatic rings. The Kier molecular flexibility index (Phi) is 3.45. The van der Waals surface area contributed by atoms with Crippen LogP contribution >= 0.6 is 0 Å². The van der Waals surface area contributed by atoms with Crippen molar-refractivity contribution < 1.29 is 23.1 Å². The summed E-state index contributed by atoms with van der Waals surface area (Å²) in [6.07, 6.45) is -3.58. The zero-order valence-electron chi connectivity index (χ0n) is 9.68. The highest BCUT2D eigenvalue weighted by atomic mass is 19.4. The molecule has 6 nitrogen and oxygen atoms in total. The molecule has 1 aliphatic heterocycles. The summed E-state index contributed by atoms with van der Waals surface area (Å²) < 4.78 is 37.0. The molecule has 0 spiro atoms. The van der Waals surface area contributed by atoms with Gasteiger partial charge in [0.15, 0.2) is 0 Å². The number of rotatable bonds is 2. The maximum Gasteiger partial charge on any atom is 0.419 e. The lowest BCUT2D eigenvalue weighted by molar-refractivity contribution is -0.138. The Hall–Kier alpha value is -2.06. The van der Waals surface area contributed by atoms with Gasteiger partial charge in [-0.05, 0) is 6.42 Å². The van der Waals surface area contributed by atoms with Crippen LogP contribution < -0.4 is 10.2 Å². The number of hydrogen-bond acceptors (Lipinski definition) is 4. The van der Waals surface area contributed by atoms with Gasteiger partial charge in [0.25, 0.3) is 0 Å². The first kappa shape index (κ1) is 13.4. The number of hydrogen-bond donors (Lipinski definition) is 2. The average Bonchev–Trinajstić information content (AvgIpc) is 2.75. The highest BCUT2D eigenvalue weighted by molar-refractivity contribution is 5.65. The monoisotopic (exact) mass is 276 g/mol. The third-order valence-electron chi connectivity index (χ3n) is 2.76. The van der Waals surface area contributed by atoms with Crippen LogP contribution in [0.4, 0.5) is 23.9 Å². The molecule has 9 heteroatoms. The van der Waals surface area contributed by atoms with Crippen molar-refractivity contribution in [3.8, 4) is 0 Å².